The van der Waals surface area contributed by atoms with E-state index in [0.717, 1.165) is 19.0 Å². The summed E-state index contributed by atoms with van der Waals surface area (Å²) in [5.74, 6) is 1.10. The van der Waals surface area contributed by atoms with Crippen molar-refractivity contribution in [3.05, 3.63) is 85.8 Å². The smallest absolute Gasteiger partial charge is 0.521 e. The van der Waals surface area contributed by atoms with E-state index in [2.05, 4.69) is 33.8 Å². The number of ether oxygens (including phenoxy) is 1. The zero-order valence-corrected chi connectivity index (χ0v) is 24.5. The fourth-order valence-corrected chi connectivity index (χ4v) is 3.42. The maximum absolute atomic E-state index is 13.5. The molecule has 1 saturated carbocycles. The predicted molar refractivity (Wildman–Crippen MR) is 139 cm³/mol. The van der Waals surface area contributed by atoms with Crippen molar-refractivity contribution in [2.24, 2.45) is 5.92 Å². The van der Waals surface area contributed by atoms with Crippen LogP contribution in [-0.2, 0) is 0 Å². The van der Waals surface area contributed by atoms with Crippen molar-refractivity contribution < 1.29 is 65.3 Å². The number of carbonyl (C=O) groups excluding carboxylic acids is 1. The third-order valence-electron chi connectivity index (χ3n) is 5.31. The van der Waals surface area contributed by atoms with Gasteiger partial charge in [0.05, 0.1) is 30.2 Å². The van der Waals surface area contributed by atoms with Crippen molar-refractivity contribution in [3.8, 4) is 5.75 Å². The van der Waals surface area contributed by atoms with Gasteiger partial charge in [0.25, 0.3) is 0 Å². The first kappa shape index (κ1) is 31.6. The molecule has 7 nitrogen and oxygen atoms in total. The Morgan fingerprint density at radius 2 is 1.75 bits per heavy atom. The molecular weight excluding hydrogens is 484 g/mol. The molecule has 4 rings (SSSR count). The normalized spacial score (nSPS) is 11.6. The monoisotopic (exact) mass is 514 g/mol. The molecule has 2 aromatic heterocycles. The molecule has 0 spiro atoms. The first-order valence-electron chi connectivity index (χ1n) is 10.7. The first-order valence-corrected chi connectivity index (χ1v) is 10.7. The van der Waals surface area contributed by atoms with Crippen LogP contribution >= 0.6 is 0 Å². The summed E-state index contributed by atoms with van der Waals surface area (Å²) in [6.07, 6.45) is 4.45. The minimum atomic E-state index is -0.385. The number of carbonyl (C=O) groups is 1. The average Bonchev–Trinajstić information content (AvgIpc) is 3.68. The Labute approximate surface area is 254 Å². The van der Waals surface area contributed by atoms with Gasteiger partial charge in [-0.3, -0.25) is 11.4 Å². The van der Waals surface area contributed by atoms with E-state index in [4.69, 9.17) is 10.1 Å². The van der Waals surface area contributed by atoms with Crippen molar-refractivity contribution in [2.75, 3.05) is 17.7 Å². The van der Waals surface area contributed by atoms with Gasteiger partial charge in [-0.1, -0.05) is 6.07 Å². The van der Waals surface area contributed by atoms with Crippen molar-refractivity contribution in [3.63, 3.8) is 0 Å². The standard InChI is InChI=1S/C24H24FN5O2.C2H3.CH3.K/c1-13-9-21(28-12-18(13)25)30-22-10-20(17(11-27-22)23(31)15-7-8-15)29-19-6-4-5-16(14(2)26)24(19)32-3;1-2;;/h4-6,9-12,15,26H,7-8H2,1-3H3,(H2,27,28,29,30);1H,2H2;1H3;/q;2*-1;+1. The van der Waals surface area contributed by atoms with Crippen LogP contribution in [0.3, 0.4) is 0 Å². The Hall–Kier alpha value is -2.43. The van der Waals surface area contributed by atoms with Crippen LogP contribution in [0.2, 0.25) is 0 Å². The van der Waals surface area contributed by atoms with E-state index < -0.39 is 0 Å². The molecule has 1 aromatic carbocycles. The summed E-state index contributed by atoms with van der Waals surface area (Å²) in [7, 11) is 1.55. The molecular formula is C27H30FKN5O2-. The molecule has 0 unspecified atom stereocenters. The second kappa shape index (κ2) is 14.3. The molecule has 1 fully saturated rings. The molecule has 9 heteroatoms. The van der Waals surface area contributed by atoms with Gasteiger partial charge in [-0.05, 0) is 50.5 Å². The molecule has 1 aliphatic carbocycles. The SMILES string of the molecule is COc1c(Nc2cc(Nc3cc(C)c(F)cn3)ncc2C(=O)C2CC2)cccc1C(C)=N.[CH-]=C.[CH3-].[K+]. The van der Waals surface area contributed by atoms with Gasteiger partial charge in [-0.25, -0.2) is 14.4 Å². The Morgan fingerprint density at radius 3 is 2.33 bits per heavy atom. The number of rotatable bonds is 8. The van der Waals surface area contributed by atoms with E-state index in [1.165, 1.54) is 0 Å². The second-order valence-electron chi connectivity index (χ2n) is 7.83. The topological polar surface area (TPSA) is 100.0 Å². The number of benzene rings is 1. The molecule has 0 aliphatic heterocycles. The van der Waals surface area contributed by atoms with Crippen molar-refractivity contribution in [2.45, 2.75) is 26.7 Å². The fraction of sp³-hybridized carbons (Fsp3) is 0.222. The number of ketones is 1. The van der Waals surface area contributed by atoms with Gasteiger partial charge in [0.1, 0.15) is 17.5 Å². The quantitative estimate of drug-likeness (QED) is 0.184. The number of pyridine rings is 2. The summed E-state index contributed by atoms with van der Waals surface area (Å²) < 4.78 is 19.1. The fourth-order valence-electron chi connectivity index (χ4n) is 3.42. The third kappa shape index (κ3) is 7.53. The molecule has 36 heavy (non-hydrogen) atoms. The number of Topliss-reactive ketones (excluding diaryl/α,β-unsaturated/α-hetero) is 1. The van der Waals surface area contributed by atoms with E-state index in [1.807, 2.05) is 18.2 Å². The summed E-state index contributed by atoms with van der Waals surface area (Å²) in [5.41, 5.74) is 3.18. The molecule has 0 atom stereocenters. The number of hydrogen-bond acceptors (Lipinski definition) is 7. The number of para-hydroxylation sites is 1. The van der Waals surface area contributed by atoms with Gasteiger partial charge in [0.15, 0.2) is 11.5 Å². The van der Waals surface area contributed by atoms with Gasteiger partial charge >= 0.3 is 51.4 Å². The van der Waals surface area contributed by atoms with E-state index in [-0.39, 0.29) is 76.3 Å². The van der Waals surface area contributed by atoms with Crippen LogP contribution < -0.4 is 66.8 Å². The zero-order chi connectivity index (χ0) is 24.8. The summed E-state index contributed by atoms with van der Waals surface area (Å²) in [4.78, 5) is 21.3. The molecule has 0 amide bonds. The van der Waals surface area contributed by atoms with E-state index >= 15 is 0 Å². The van der Waals surface area contributed by atoms with Crippen LogP contribution in [0.4, 0.5) is 27.4 Å². The molecule has 184 valence electrons. The van der Waals surface area contributed by atoms with Crippen molar-refractivity contribution >= 4 is 34.5 Å². The maximum Gasteiger partial charge on any atom is 1.00 e. The number of aromatic nitrogens is 2. The Kier molecular flexibility index (Phi) is 12.6. The van der Waals surface area contributed by atoms with Crippen LogP contribution in [-0.4, -0.2) is 28.6 Å². The third-order valence-corrected chi connectivity index (χ3v) is 5.31. The molecule has 1 aliphatic rings. The van der Waals surface area contributed by atoms with Crippen LogP contribution in [0.25, 0.3) is 0 Å². The van der Waals surface area contributed by atoms with Gasteiger partial charge in [-0.15, -0.1) is 0 Å². The van der Waals surface area contributed by atoms with Crippen LogP contribution in [0.5, 0.6) is 5.75 Å². The zero-order valence-electron chi connectivity index (χ0n) is 21.4. The Morgan fingerprint density at radius 1 is 1.11 bits per heavy atom. The Bertz CT molecular complexity index is 1230. The average molecular weight is 515 g/mol. The van der Waals surface area contributed by atoms with Gasteiger partial charge in [0.2, 0.25) is 0 Å². The number of hydrogen-bond donors (Lipinski definition) is 3. The largest absolute Gasteiger partial charge is 1.00 e. The summed E-state index contributed by atoms with van der Waals surface area (Å²) in [5, 5.41) is 14.4. The molecule has 0 saturated heterocycles. The van der Waals surface area contributed by atoms with Crippen molar-refractivity contribution in [1.82, 2.24) is 9.97 Å². The van der Waals surface area contributed by atoms with E-state index in [9.17, 15) is 9.18 Å². The second-order valence-corrected chi connectivity index (χ2v) is 7.83. The molecule has 0 bridgehead atoms. The Balaban J connectivity index is 0.00000158. The number of nitrogens with one attached hydrogen (secondary N) is 3. The summed E-state index contributed by atoms with van der Waals surface area (Å²) in [6, 6.07) is 8.78. The van der Waals surface area contributed by atoms with Crippen LogP contribution in [0, 0.1) is 38.1 Å². The van der Waals surface area contributed by atoms with Crippen molar-refractivity contribution in [1.29, 1.82) is 5.41 Å². The molecule has 2 heterocycles. The number of halogens is 1. The predicted octanol–water partition coefficient (Wildman–Crippen LogP) is 3.46. The number of aryl methyl sites for hydroxylation is 1. The summed E-state index contributed by atoms with van der Waals surface area (Å²) >= 11 is 0. The number of nitrogens with zero attached hydrogens (tertiary/aromatic N) is 2. The van der Waals surface area contributed by atoms with Gasteiger partial charge in [-0.2, -0.15) is 0 Å². The molecule has 3 N–H and O–H groups in total. The van der Waals surface area contributed by atoms with E-state index in [1.54, 1.807) is 39.3 Å². The van der Waals surface area contributed by atoms with E-state index in [0.29, 0.717) is 51.2 Å². The van der Waals surface area contributed by atoms with Gasteiger partial charge in [0, 0.05) is 29.5 Å². The minimum absolute atomic E-state index is 0. The summed E-state index contributed by atoms with van der Waals surface area (Å²) in [6.45, 7) is 10.3. The van der Waals surface area contributed by atoms with Crippen LogP contribution in [0.15, 0.2) is 49.3 Å². The van der Waals surface area contributed by atoms with Crippen LogP contribution in [0.1, 0.15) is 41.3 Å². The number of methoxy groups -OCH3 is 1. The molecule has 0 radical (unpaired) electrons. The minimum Gasteiger partial charge on any atom is -0.521 e. The maximum atomic E-state index is 13.5. The number of anilines is 4. The van der Waals surface area contributed by atoms with Gasteiger partial charge < -0.3 is 34.8 Å². The molecule has 3 aromatic rings. The first-order chi connectivity index (χ1) is 16.4.